The van der Waals surface area contributed by atoms with E-state index >= 15 is 0 Å². The van der Waals surface area contributed by atoms with Gasteiger partial charge in [-0.1, -0.05) is 57.0 Å². The lowest BCUT2D eigenvalue weighted by Crippen LogP contribution is -2.07. The number of aromatic nitrogens is 2. The minimum Gasteiger partial charge on any atom is -0.299 e. The van der Waals surface area contributed by atoms with Crippen LogP contribution in [-0.2, 0) is 18.3 Å². The van der Waals surface area contributed by atoms with Crippen LogP contribution >= 0.6 is 11.6 Å². The summed E-state index contributed by atoms with van der Waals surface area (Å²) in [6.07, 6.45) is 9.72. The van der Waals surface area contributed by atoms with Crippen LogP contribution in [0.4, 0.5) is 0 Å². The zero-order valence-corrected chi connectivity index (χ0v) is 13.8. The molecule has 0 aliphatic carbocycles. The van der Waals surface area contributed by atoms with Crippen LogP contribution in [0.1, 0.15) is 69.7 Å². The van der Waals surface area contributed by atoms with Crippen molar-refractivity contribution in [3.05, 3.63) is 16.4 Å². The number of rotatable bonds is 10. The van der Waals surface area contributed by atoms with Crippen molar-refractivity contribution in [2.75, 3.05) is 0 Å². The van der Waals surface area contributed by atoms with Crippen LogP contribution in [0.15, 0.2) is 0 Å². The van der Waals surface area contributed by atoms with Crippen molar-refractivity contribution >= 4 is 17.4 Å². The van der Waals surface area contributed by atoms with Gasteiger partial charge >= 0.3 is 0 Å². The summed E-state index contributed by atoms with van der Waals surface area (Å²) in [5, 5.41) is 4.87. The molecule has 0 aliphatic rings. The van der Waals surface area contributed by atoms with E-state index in [9.17, 15) is 4.79 Å². The number of unbranched alkanes of at least 4 members (excludes halogenated alkanes) is 6. The summed E-state index contributed by atoms with van der Waals surface area (Å²) in [6, 6.07) is 0. The van der Waals surface area contributed by atoms with Gasteiger partial charge in [0.05, 0.1) is 16.4 Å². The van der Waals surface area contributed by atoms with Crippen molar-refractivity contribution in [2.45, 2.75) is 71.6 Å². The normalized spacial score (nSPS) is 11.0. The number of halogens is 1. The Kier molecular flexibility index (Phi) is 7.90. The summed E-state index contributed by atoms with van der Waals surface area (Å²) in [5.41, 5.74) is 1.64. The minimum atomic E-state index is 0.267. The van der Waals surface area contributed by atoms with Crippen molar-refractivity contribution < 1.29 is 4.79 Å². The van der Waals surface area contributed by atoms with Gasteiger partial charge in [0.2, 0.25) is 0 Å². The van der Waals surface area contributed by atoms with Crippen molar-refractivity contribution in [1.29, 1.82) is 0 Å². The van der Waals surface area contributed by atoms with E-state index in [2.05, 4.69) is 12.0 Å². The number of ketones is 1. The minimum absolute atomic E-state index is 0.267. The van der Waals surface area contributed by atoms with E-state index in [-0.39, 0.29) is 5.78 Å². The zero-order chi connectivity index (χ0) is 15.0. The molecule has 1 heterocycles. The number of Topliss-reactive ketones (excluding diaryl/α,β-unsaturated/α-hetero) is 1. The smallest absolute Gasteiger partial charge is 0.138 e. The van der Waals surface area contributed by atoms with Crippen molar-refractivity contribution in [1.82, 2.24) is 9.78 Å². The fourth-order valence-corrected chi connectivity index (χ4v) is 2.65. The van der Waals surface area contributed by atoms with Gasteiger partial charge < -0.3 is 0 Å². The maximum atomic E-state index is 12.0. The molecular formula is C16H27ClN2O. The third-order valence-corrected chi connectivity index (χ3v) is 4.18. The molecule has 1 rings (SSSR count). The molecule has 1 aromatic rings. The highest BCUT2D eigenvalue weighted by Gasteiger charge is 2.14. The van der Waals surface area contributed by atoms with Crippen LogP contribution in [0, 0.1) is 6.92 Å². The Morgan fingerprint density at radius 1 is 1.15 bits per heavy atom. The summed E-state index contributed by atoms with van der Waals surface area (Å²) in [5.74, 6) is 0.267. The molecule has 0 saturated heterocycles. The van der Waals surface area contributed by atoms with Gasteiger partial charge in [0.15, 0.2) is 0 Å². The lowest BCUT2D eigenvalue weighted by molar-refractivity contribution is -0.118. The first-order valence-corrected chi connectivity index (χ1v) is 8.13. The Bertz CT molecular complexity index is 426. The third kappa shape index (κ3) is 5.66. The lowest BCUT2D eigenvalue weighted by Gasteiger charge is -2.03. The SMILES string of the molecule is CCCCCCCCCC(=O)Cc1c(Cl)c(C)nn1C. The summed E-state index contributed by atoms with van der Waals surface area (Å²) in [6.45, 7) is 4.09. The van der Waals surface area contributed by atoms with Crippen LogP contribution in [0.3, 0.4) is 0 Å². The predicted molar refractivity (Wildman–Crippen MR) is 84.3 cm³/mol. The Balaban J connectivity index is 2.20. The monoisotopic (exact) mass is 298 g/mol. The number of carbonyl (C=O) groups is 1. The first-order chi connectivity index (χ1) is 9.56. The molecule has 0 spiro atoms. The largest absolute Gasteiger partial charge is 0.299 e. The van der Waals surface area contributed by atoms with E-state index in [1.54, 1.807) is 4.68 Å². The summed E-state index contributed by atoms with van der Waals surface area (Å²) in [7, 11) is 1.84. The molecule has 114 valence electrons. The molecule has 0 N–H and O–H groups in total. The maximum absolute atomic E-state index is 12.0. The van der Waals surface area contributed by atoms with E-state index in [1.165, 1.54) is 32.1 Å². The molecule has 0 aliphatic heterocycles. The molecule has 0 fully saturated rings. The van der Waals surface area contributed by atoms with Gasteiger partial charge in [-0.2, -0.15) is 5.10 Å². The molecule has 0 atom stereocenters. The van der Waals surface area contributed by atoms with E-state index < -0.39 is 0 Å². The number of aryl methyl sites for hydroxylation is 2. The summed E-state index contributed by atoms with van der Waals surface area (Å²) < 4.78 is 1.72. The maximum Gasteiger partial charge on any atom is 0.138 e. The quantitative estimate of drug-likeness (QED) is 0.590. The number of hydrogen-bond donors (Lipinski definition) is 0. The summed E-state index contributed by atoms with van der Waals surface area (Å²) >= 11 is 6.15. The fraction of sp³-hybridized carbons (Fsp3) is 0.750. The molecule has 0 saturated carbocycles. The van der Waals surface area contributed by atoms with E-state index in [4.69, 9.17) is 11.6 Å². The second-order valence-electron chi connectivity index (χ2n) is 5.56. The highest BCUT2D eigenvalue weighted by Crippen LogP contribution is 2.20. The third-order valence-electron chi connectivity index (χ3n) is 3.69. The van der Waals surface area contributed by atoms with Crippen LogP contribution in [-0.4, -0.2) is 15.6 Å². The van der Waals surface area contributed by atoms with Gasteiger partial charge in [0.25, 0.3) is 0 Å². The molecule has 1 aromatic heterocycles. The second-order valence-corrected chi connectivity index (χ2v) is 5.93. The average Bonchev–Trinajstić information content (AvgIpc) is 2.64. The van der Waals surface area contributed by atoms with E-state index in [0.717, 1.165) is 24.2 Å². The number of hydrogen-bond acceptors (Lipinski definition) is 2. The second kappa shape index (κ2) is 9.17. The molecule has 20 heavy (non-hydrogen) atoms. The molecule has 4 heteroatoms. The molecule has 0 amide bonds. The Hall–Kier alpha value is -0.830. The van der Waals surface area contributed by atoms with Gasteiger partial charge in [-0.3, -0.25) is 9.48 Å². The molecule has 0 aromatic carbocycles. The topological polar surface area (TPSA) is 34.9 Å². The Morgan fingerprint density at radius 2 is 1.75 bits per heavy atom. The van der Waals surface area contributed by atoms with Crippen LogP contribution in [0.25, 0.3) is 0 Å². The molecular weight excluding hydrogens is 272 g/mol. The Morgan fingerprint density at radius 3 is 2.30 bits per heavy atom. The first-order valence-electron chi connectivity index (χ1n) is 7.76. The average molecular weight is 299 g/mol. The van der Waals surface area contributed by atoms with Crippen LogP contribution < -0.4 is 0 Å². The van der Waals surface area contributed by atoms with Gasteiger partial charge in [-0.15, -0.1) is 0 Å². The lowest BCUT2D eigenvalue weighted by atomic mass is 10.0. The number of carbonyl (C=O) groups excluding carboxylic acids is 1. The fourth-order valence-electron chi connectivity index (χ4n) is 2.43. The summed E-state index contributed by atoms with van der Waals surface area (Å²) in [4.78, 5) is 12.0. The van der Waals surface area contributed by atoms with Crippen molar-refractivity contribution in [3.8, 4) is 0 Å². The van der Waals surface area contributed by atoms with Crippen LogP contribution in [0.2, 0.25) is 5.02 Å². The van der Waals surface area contributed by atoms with E-state index in [1.807, 2.05) is 14.0 Å². The zero-order valence-electron chi connectivity index (χ0n) is 13.0. The van der Waals surface area contributed by atoms with Crippen LogP contribution in [0.5, 0.6) is 0 Å². The molecule has 0 bridgehead atoms. The van der Waals surface area contributed by atoms with Crippen molar-refractivity contribution in [2.24, 2.45) is 7.05 Å². The molecule has 3 nitrogen and oxygen atoms in total. The molecule has 0 unspecified atom stereocenters. The van der Waals surface area contributed by atoms with Gasteiger partial charge in [0, 0.05) is 19.9 Å². The Labute approximate surface area is 127 Å². The predicted octanol–water partition coefficient (Wildman–Crippen LogP) is 4.63. The highest BCUT2D eigenvalue weighted by molar-refractivity contribution is 6.32. The van der Waals surface area contributed by atoms with Gasteiger partial charge in [-0.05, 0) is 13.3 Å². The first kappa shape index (κ1) is 17.2. The number of nitrogens with zero attached hydrogens (tertiary/aromatic N) is 2. The van der Waals surface area contributed by atoms with Gasteiger partial charge in [-0.25, -0.2) is 0 Å². The highest BCUT2D eigenvalue weighted by atomic mass is 35.5. The standard InChI is InChI=1S/C16H27ClN2O/c1-4-5-6-7-8-9-10-11-14(20)12-15-16(17)13(2)18-19(15)3/h4-12H2,1-3H3. The van der Waals surface area contributed by atoms with Gasteiger partial charge in [0.1, 0.15) is 5.78 Å². The van der Waals surface area contributed by atoms with Crippen molar-refractivity contribution in [3.63, 3.8) is 0 Å². The van der Waals surface area contributed by atoms with E-state index in [0.29, 0.717) is 17.9 Å². The molecule has 0 radical (unpaired) electrons.